The van der Waals surface area contributed by atoms with E-state index in [4.69, 9.17) is 4.74 Å². The topological polar surface area (TPSA) is 116 Å². The van der Waals surface area contributed by atoms with E-state index in [1.807, 2.05) is 4.90 Å². The molecule has 4 rings (SSSR count). The van der Waals surface area contributed by atoms with Crippen molar-refractivity contribution >= 4 is 29.3 Å². The van der Waals surface area contributed by atoms with Gasteiger partial charge in [0.1, 0.15) is 11.6 Å². The number of benzene rings is 1. The van der Waals surface area contributed by atoms with Crippen molar-refractivity contribution in [2.45, 2.75) is 32.1 Å². The highest BCUT2D eigenvalue weighted by Gasteiger charge is 2.35. The lowest BCUT2D eigenvalue weighted by molar-refractivity contribution is -0.123. The van der Waals surface area contributed by atoms with Crippen LogP contribution in [0.15, 0.2) is 29.1 Å². The molecule has 2 aliphatic rings. The van der Waals surface area contributed by atoms with E-state index >= 15 is 0 Å². The van der Waals surface area contributed by atoms with E-state index in [1.54, 1.807) is 24.3 Å². The predicted molar refractivity (Wildman–Crippen MR) is 113 cm³/mol. The Hall–Kier alpha value is -3.36. The second kappa shape index (κ2) is 8.17. The first kappa shape index (κ1) is 19.9. The Morgan fingerprint density at radius 1 is 1.33 bits per heavy atom. The molecule has 30 heavy (non-hydrogen) atoms. The largest absolute Gasteiger partial charge is 0.497 e. The van der Waals surface area contributed by atoms with Crippen LogP contribution in [0.1, 0.15) is 37.7 Å². The average Bonchev–Trinajstić information content (AvgIpc) is 2.72. The highest BCUT2D eigenvalue weighted by Crippen LogP contribution is 2.31. The highest BCUT2D eigenvalue weighted by molar-refractivity contribution is 6.04. The van der Waals surface area contributed by atoms with Gasteiger partial charge in [-0.1, -0.05) is 13.0 Å². The average molecular weight is 411 g/mol. The molecule has 1 aromatic carbocycles. The quantitative estimate of drug-likeness (QED) is 0.709. The van der Waals surface area contributed by atoms with Crippen molar-refractivity contribution in [3.63, 3.8) is 0 Å². The van der Waals surface area contributed by atoms with Gasteiger partial charge in [0, 0.05) is 31.3 Å². The number of ether oxygens (including phenoxy) is 1. The Balaban J connectivity index is 1.63. The van der Waals surface area contributed by atoms with Crippen molar-refractivity contribution in [2.75, 3.05) is 35.7 Å². The Labute approximate surface area is 173 Å². The van der Waals surface area contributed by atoms with Crippen molar-refractivity contribution in [1.29, 1.82) is 0 Å². The van der Waals surface area contributed by atoms with E-state index in [2.05, 4.69) is 27.5 Å². The summed E-state index contributed by atoms with van der Waals surface area (Å²) >= 11 is 0. The first-order chi connectivity index (χ1) is 14.4. The molecule has 2 atom stereocenters. The number of rotatable bonds is 4. The smallest absolute Gasteiger partial charge is 0.258 e. The molecule has 158 valence electrons. The molecule has 0 spiro atoms. The van der Waals surface area contributed by atoms with Crippen LogP contribution in [0.25, 0.3) is 0 Å². The molecule has 0 aliphatic carbocycles. The van der Waals surface area contributed by atoms with Gasteiger partial charge in [-0.15, -0.1) is 0 Å². The van der Waals surface area contributed by atoms with Gasteiger partial charge < -0.3 is 20.3 Å². The van der Waals surface area contributed by atoms with Crippen molar-refractivity contribution in [1.82, 2.24) is 9.97 Å². The fourth-order valence-electron chi connectivity index (χ4n) is 4.05. The fourth-order valence-corrected chi connectivity index (χ4v) is 4.05. The van der Waals surface area contributed by atoms with Crippen LogP contribution in [0.3, 0.4) is 0 Å². The molecule has 3 N–H and O–H groups in total. The number of anilines is 3. The maximum Gasteiger partial charge on any atom is 0.258 e. The Morgan fingerprint density at radius 3 is 2.93 bits per heavy atom. The number of H-pyrrole nitrogens is 1. The number of aromatic nitrogens is 2. The van der Waals surface area contributed by atoms with Crippen LogP contribution in [0.5, 0.6) is 5.75 Å². The summed E-state index contributed by atoms with van der Waals surface area (Å²) < 4.78 is 5.17. The normalized spacial score (nSPS) is 20.9. The molecule has 1 saturated heterocycles. The standard InChI is InChI=1S/C21H25N5O4/c1-12-5-4-8-26(11-12)21-24-18-17(20(29)25-21)15(10-16(27)23-18)19(28)22-13-6-3-7-14(9-13)30-2/h3,6-7,9,12,15H,4-5,8,10-11H2,1-2H3,(H,22,28)(H2,23,24,25,27,29)/t12-,15-/m0/s1. The summed E-state index contributed by atoms with van der Waals surface area (Å²) in [5.41, 5.74) is 0.304. The van der Waals surface area contributed by atoms with Crippen LogP contribution in [0.4, 0.5) is 17.5 Å². The number of carbonyl (C=O) groups excluding carboxylic acids is 2. The van der Waals surface area contributed by atoms with Crippen molar-refractivity contribution in [3.05, 3.63) is 40.2 Å². The molecule has 2 aromatic rings. The molecule has 0 bridgehead atoms. The zero-order chi connectivity index (χ0) is 21.3. The lowest BCUT2D eigenvalue weighted by Gasteiger charge is -2.32. The number of aromatic amines is 1. The molecule has 1 fully saturated rings. The maximum absolute atomic E-state index is 12.9. The minimum absolute atomic E-state index is 0.117. The second-order valence-corrected chi connectivity index (χ2v) is 7.87. The van der Waals surface area contributed by atoms with Crippen LogP contribution in [0, 0.1) is 5.92 Å². The summed E-state index contributed by atoms with van der Waals surface area (Å²) in [6.45, 7) is 3.73. The van der Waals surface area contributed by atoms with E-state index in [9.17, 15) is 14.4 Å². The van der Waals surface area contributed by atoms with Crippen LogP contribution >= 0.6 is 0 Å². The molecule has 0 saturated carbocycles. The van der Waals surface area contributed by atoms with Gasteiger partial charge in [0.25, 0.3) is 5.56 Å². The van der Waals surface area contributed by atoms with Gasteiger partial charge in [-0.05, 0) is 30.9 Å². The first-order valence-electron chi connectivity index (χ1n) is 10.1. The molecule has 0 radical (unpaired) electrons. The minimum Gasteiger partial charge on any atom is -0.497 e. The number of nitrogens with one attached hydrogen (secondary N) is 3. The molecule has 3 heterocycles. The lowest BCUT2D eigenvalue weighted by Crippen LogP contribution is -2.40. The van der Waals surface area contributed by atoms with Crippen molar-refractivity contribution in [3.8, 4) is 5.75 Å². The maximum atomic E-state index is 12.9. The number of piperidine rings is 1. The van der Waals surface area contributed by atoms with Crippen LogP contribution in [0.2, 0.25) is 0 Å². The zero-order valence-corrected chi connectivity index (χ0v) is 17.0. The number of hydrogen-bond donors (Lipinski definition) is 3. The van der Waals surface area contributed by atoms with Gasteiger partial charge in [0.05, 0.1) is 18.6 Å². The summed E-state index contributed by atoms with van der Waals surface area (Å²) in [4.78, 5) is 47.4. The van der Waals surface area contributed by atoms with Gasteiger partial charge in [-0.2, -0.15) is 4.98 Å². The molecular formula is C21H25N5O4. The highest BCUT2D eigenvalue weighted by atomic mass is 16.5. The second-order valence-electron chi connectivity index (χ2n) is 7.87. The molecule has 1 aromatic heterocycles. The third-order valence-corrected chi connectivity index (χ3v) is 5.55. The summed E-state index contributed by atoms with van der Waals surface area (Å²) in [6.07, 6.45) is 2.03. The number of amides is 2. The number of methoxy groups -OCH3 is 1. The summed E-state index contributed by atoms with van der Waals surface area (Å²) in [6, 6.07) is 6.89. The molecule has 0 unspecified atom stereocenters. The van der Waals surface area contributed by atoms with E-state index < -0.39 is 17.4 Å². The van der Waals surface area contributed by atoms with Gasteiger partial charge >= 0.3 is 0 Å². The van der Waals surface area contributed by atoms with Crippen LogP contribution in [-0.4, -0.2) is 42.0 Å². The first-order valence-corrected chi connectivity index (χ1v) is 10.1. The number of fused-ring (bicyclic) bond motifs is 1. The third-order valence-electron chi connectivity index (χ3n) is 5.55. The van der Waals surface area contributed by atoms with Crippen molar-refractivity contribution in [2.24, 2.45) is 5.92 Å². The van der Waals surface area contributed by atoms with Crippen LogP contribution in [-0.2, 0) is 9.59 Å². The predicted octanol–water partition coefficient (Wildman–Crippen LogP) is 2.08. The van der Waals surface area contributed by atoms with E-state index in [1.165, 1.54) is 7.11 Å². The monoisotopic (exact) mass is 411 g/mol. The number of carbonyl (C=O) groups is 2. The van der Waals surface area contributed by atoms with Gasteiger partial charge in [0.2, 0.25) is 17.8 Å². The zero-order valence-electron chi connectivity index (χ0n) is 17.0. The SMILES string of the molecule is COc1cccc(NC(=O)[C@H]2CC(=O)Nc3nc(N4CCC[C@H](C)C4)[nH]c(=O)c32)c1. The molecule has 9 nitrogen and oxygen atoms in total. The Morgan fingerprint density at radius 2 is 2.17 bits per heavy atom. The Bertz CT molecular complexity index is 1030. The van der Waals surface area contributed by atoms with Crippen molar-refractivity contribution < 1.29 is 14.3 Å². The van der Waals surface area contributed by atoms with E-state index in [0.717, 1.165) is 25.9 Å². The van der Waals surface area contributed by atoms with E-state index in [0.29, 0.717) is 23.3 Å². The summed E-state index contributed by atoms with van der Waals surface area (Å²) in [5, 5.41) is 5.43. The summed E-state index contributed by atoms with van der Waals surface area (Å²) in [7, 11) is 1.54. The van der Waals surface area contributed by atoms with Gasteiger partial charge in [-0.3, -0.25) is 19.4 Å². The van der Waals surface area contributed by atoms with E-state index in [-0.39, 0.29) is 23.7 Å². The lowest BCUT2D eigenvalue weighted by atomic mass is 9.92. The van der Waals surface area contributed by atoms with Gasteiger partial charge in [0.15, 0.2) is 0 Å². The molecular weight excluding hydrogens is 386 g/mol. The molecule has 2 amide bonds. The molecule has 2 aliphatic heterocycles. The third kappa shape index (κ3) is 4.00. The Kier molecular flexibility index (Phi) is 5.43. The van der Waals surface area contributed by atoms with Gasteiger partial charge in [-0.25, -0.2) is 0 Å². The fraction of sp³-hybridized carbons (Fsp3) is 0.429. The number of nitrogens with zero attached hydrogens (tertiary/aromatic N) is 2. The summed E-state index contributed by atoms with van der Waals surface area (Å²) in [5.74, 6) is -0.0278. The molecule has 9 heteroatoms. The van der Waals surface area contributed by atoms with Crippen LogP contribution < -0.4 is 25.8 Å². The minimum atomic E-state index is -0.925. The number of hydrogen-bond acceptors (Lipinski definition) is 6.